The van der Waals surface area contributed by atoms with E-state index >= 15 is 0 Å². The molecule has 1 aromatic heterocycles. The SMILES string of the molecule is Cc1cc(=O)oc2c(CNCC(=O)O)c(O)ccc12. The highest BCUT2D eigenvalue weighted by molar-refractivity contribution is 5.84. The molecule has 19 heavy (non-hydrogen) atoms. The van der Waals surface area contributed by atoms with Crippen LogP contribution in [0.25, 0.3) is 11.0 Å². The van der Waals surface area contributed by atoms with Crippen LogP contribution in [-0.4, -0.2) is 22.7 Å². The molecule has 0 aliphatic heterocycles. The lowest BCUT2D eigenvalue weighted by atomic mass is 10.1. The van der Waals surface area contributed by atoms with E-state index in [1.54, 1.807) is 13.0 Å². The maximum absolute atomic E-state index is 11.4. The maximum atomic E-state index is 11.4. The van der Waals surface area contributed by atoms with Gasteiger partial charge in [-0.05, 0) is 24.6 Å². The van der Waals surface area contributed by atoms with Gasteiger partial charge in [-0.1, -0.05) is 0 Å². The number of hydrogen-bond donors (Lipinski definition) is 3. The zero-order chi connectivity index (χ0) is 14.0. The number of carbonyl (C=O) groups is 1. The normalized spacial score (nSPS) is 10.8. The number of carboxylic acids is 1. The number of phenolic OH excluding ortho intramolecular Hbond substituents is 1. The Bertz CT molecular complexity index is 689. The van der Waals surface area contributed by atoms with Crippen molar-refractivity contribution < 1.29 is 19.4 Å². The molecule has 0 amide bonds. The average molecular weight is 263 g/mol. The lowest BCUT2D eigenvalue weighted by Crippen LogP contribution is -2.22. The number of nitrogens with one attached hydrogen (secondary N) is 1. The van der Waals surface area contributed by atoms with E-state index in [1.807, 2.05) is 0 Å². The van der Waals surface area contributed by atoms with Crippen molar-refractivity contribution in [3.63, 3.8) is 0 Å². The molecular weight excluding hydrogens is 250 g/mol. The molecule has 0 saturated carbocycles. The molecule has 0 unspecified atom stereocenters. The summed E-state index contributed by atoms with van der Waals surface area (Å²) in [6.45, 7) is 1.62. The number of aromatic hydroxyl groups is 1. The van der Waals surface area contributed by atoms with Gasteiger partial charge in [-0.2, -0.15) is 0 Å². The Kier molecular flexibility index (Phi) is 3.52. The van der Waals surface area contributed by atoms with Crippen LogP contribution in [0, 0.1) is 6.92 Å². The highest BCUT2D eigenvalue weighted by Crippen LogP contribution is 2.27. The van der Waals surface area contributed by atoms with E-state index in [0.717, 1.165) is 5.56 Å². The van der Waals surface area contributed by atoms with Gasteiger partial charge >= 0.3 is 11.6 Å². The predicted octanol–water partition coefficient (Wildman–Crippen LogP) is 0.981. The van der Waals surface area contributed by atoms with Crippen LogP contribution in [0.3, 0.4) is 0 Å². The van der Waals surface area contributed by atoms with Gasteiger partial charge in [-0.3, -0.25) is 4.79 Å². The zero-order valence-corrected chi connectivity index (χ0v) is 10.3. The molecule has 0 aliphatic rings. The van der Waals surface area contributed by atoms with Crippen LogP contribution in [0.5, 0.6) is 5.75 Å². The topological polar surface area (TPSA) is 99.8 Å². The zero-order valence-electron chi connectivity index (χ0n) is 10.3. The summed E-state index contributed by atoms with van der Waals surface area (Å²) in [6, 6.07) is 4.52. The Morgan fingerprint density at radius 1 is 1.42 bits per heavy atom. The number of fused-ring (bicyclic) bond motifs is 1. The van der Waals surface area contributed by atoms with Gasteiger partial charge in [0.1, 0.15) is 11.3 Å². The molecule has 100 valence electrons. The molecule has 0 bridgehead atoms. The van der Waals surface area contributed by atoms with Crippen LogP contribution in [0.4, 0.5) is 0 Å². The van der Waals surface area contributed by atoms with Crippen molar-refractivity contribution in [1.29, 1.82) is 0 Å². The smallest absolute Gasteiger partial charge is 0.336 e. The molecule has 3 N–H and O–H groups in total. The molecule has 0 aliphatic carbocycles. The molecule has 1 heterocycles. The molecule has 6 heteroatoms. The van der Waals surface area contributed by atoms with Gasteiger partial charge in [0.25, 0.3) is 0 Å². The molecule has 0 saturated heterocycles. The number of rotatable bonds is 4. The number of hydrogen-bond acceptors (Lipinski definition) is 5. The fourth-order valence-corrected chi connectivity index (χ4v) is 1.89. The van der Waals surface area contributed by atoms with Crippen molar-refractivity contribution in [2.45, 2.75) is 13.5 Å². The van der Waals surface area contributed by atoms with Gasteiger partial charge in [0, 0.05) is 18.0 Å². The quantitative estimate of drug-likeness (QED) is 0.711. The number of benzene rings is 1. The van der Waals surface area contributed by atoms with Crippen molar-refractivity contribution in [2.24, 2.45) is 0 Å². The summed E-state index contributed by atoms with van der Waals surface area (Å²) in [5.74, 6) is -1.04. The molecule has 2 aromatic rings. The highest BCUT2D eigenvalue weighted by atomic mass is 16.4. The Morgan fingerprint density at radius 2 is 2.16 bits per heavy atom. The molecule has 0 radical (unpaired) electrons. The molecule has 0 fully saturated rings. The standard InChI is InChI=1S/C13H13NO5/c1-7-4-12(18)19-13-8(7)2-3-10(15)9(13)5-14-6-11(16)17/h2-4,14-15H,5-6H2,1H3,(H,16,17). The third-order valence-electron chi connectivity index (χ3n) is 2.78. The van der Waals surface area contributed by atoms with E-state index < -0.39 is 11.6 Å². The van der Waals surface area contributed by atoms with Gasteiger partial charge in [-0.25, -0.2) is 4.79 Å². The molecule has 6 nitrogen and oxygen atoms in total. The number of carboxylic acid groups (broad SMARTS) is 1. The first-order valence-corrected chi connectivity index (χ1v) is 5.67. The Morgan fingerprint density at radius 3 is 2.84 bits per heavy atom. The highest BCUT2D eigenvalue weighted by Gasteiger charge is 2.12. The predicted molar refractivity (Wildman–Crippen MR) is 68.2 cm³/mol. The third kappa shape index (κ3) is 2.74. The second-order valence-corrected chi connectivity index (χ2v) is 4.19. The van der Waals surface area contributed by atoms with Gasteiger partial charge < -0.3 is 19.9 Å². The largest absolute Gasteiger partial charge is 0.507 e. The second-order valence-electron chi connectivity index (χ2n) is 4.19. The molecule has 0 spiro atoms. The molecule has 2 rings (SSSR count). The monoisotopic (exact) mass is 263 g/mol. The van der Waals surface area contributed by atoms with Crippen LogP contribution in [0.15, 0.2) is 27.4 Å². The Labute approximate surface area is 108 Å². The van der Waals surface area contributed by atoms with Gasteiger partial charge in [-0.15, -0.1) is 0 Å². The van der Waals surface area contributed by atoms with E-state index in [-0.39, 0.29) is 24.4 Å². The van der Waals surface area contributed by atoms with E-state index in [0.29, 0.717) is 10.9 Å². The van der Waals surface area contributed by atoms with Gasteiger partial charge in [0.05, 0.1) is 12.1 Å². The molecule has 0 atom stereocenters. The van der Waals surface area contributed by atoms with Gasteiger partial charge in [0.15, 0.2) is 0 Å². The maximum Gasteiger partial charge on any atom is 0.336 e. The lowest BCUT2D eigenvalue weighted by Gasteiger charge is -2.09. The minimum Gasteiger partial charge on any atom is -0.507 e. The minimum atomic E-state index is -1.00. The van der Waals surface area contributed by atoms with Crippen LogP contribution in [0.2, 0.25) is 0 Å². The Hall–Kier alpha value is -2.34. The summed E-state index contributed by atoms with van der Waals surface area (Å²) in [5.41, 5.74) is 0.892. The molecule has 1 aromatic carbocycles. The fraction of sp³-hybridized carbons (Fsp3) is 0.231. The van der Waals surface area contributed by atoms with E-state index in [9.17, 15) is 14.7 Å². The summed E-state index contributed by atoms with van der Waals surface area (Å²) < 4.78 is 5.11. The average Bonchev–Trinajstić information content (AvgIpc) is 2.31. The van der Waals surface area contributed by atoms with E-state index in [4.69, 9.17) is 9.52 Å². The summed E-state index contributed by atoms with van der Waals surface area (Å²) in [6.07, 6.45) is 0. The first-order chi connectivity index (χ1) is 8.99. The molecular formula is C13H13NO5. The summed E-state index contributed by atoms with van der Waals surface area (Å²) in [5, 5.41) is 21.7. The third-order valence-corrected chi connectivity index (χ3v) is 2.78. The van der Waals surface area contributed by atoms with Crippen molar-refractivity contribution in [3.8, 4) is 5.75 Å². The fourth-order valence-electron chi connectivity index (χ4n) is 1.89. The van der Waals surface area contributed by atoms with Crippen molar-refractivity contribution in [1.82, 2.24) is 5.32 Å². The van der Waals surface area contributed by atoms with Crippen molar-refractivity contribution in [3.05, 3.63) is 39.7 Å². The lowest BCUT2D eigenvalue weighted by molar-refractivity contribution is -0.136. The van der Waals surface area contributed by atoms with Gasteiger partial charge in [0.2, 0.25) is 0 Å². The summed E-state index contributed by atoms with van der Waals surface area (Å²) >= 11 is 0. The summed E-state index contributed by atoms with van der Waals surface area (Å²) in [7, 11) is 0. The number of phenols is 1. The number of aryl methyl sites for hydroxylation is 1. The minimum absolute atomic E-state index is 0.0425. The summed E-state index contributed by atoms with van der Waals surface area (Å²) in [4.78, 5) is 21.8. The second kappa shape index (κ2) is 5.11. The van der Waals surface area contributed by atoms with Crippen LogP contribution >= 0.6 is 0 Å². The Balaban J connectivity index is 2.49. The van der Waals surface area contributed by atoms with Crippen LogP contribution < -0.4 is 10.9 Å². The first-order valence-electron chi connectivity index (χ1n) is 5.67. The first kappa shape index (κ1) is 13.1. The number of aliphatic carboxylic acids is 1. The van der Waals surface area contributed by atoms with E-state index in [1.165, 1.54) is 12.1 Å². The van der Waals surface area contributed by atoms with Crippen molar-refractivity contribution >= 4 is 16.9 Å². The van der Waals surface area contributed by atoms with Crippen LogP contribution in [0.1, 0.15) is 11.1 Å². The van der Waals surface area contributed by atoms with E-state index in [2.05, 4.69) is 5.32 Å². The van der Waals surface area contributed by atoms with Crippen molar-refractivity contribution in [2.75, 3.05) is 6.54 Å². The van der Waals surface area contributed by atoms with Crippen LogP contribution in [-0.2, 0) is 11.3 Å².